The molecular weight excluding hydrogens is 264 g/mol. The third-order valence-corrected chi connectivity index (χ3v) is 4.85. The summed E-state index contributed by atoms with van der Waals surface area (Å²) in [4.78, 5) is 34.0. The van der Waals surface area contributed by atoms with Crippen LogP contribution in [0.2, 0.25) is 0 Å². The van der Waals surface area contributed by atoms with Gasteiger partial charge in [-0.05, 0) is 12.2 Å². The van der Waals surface area contributed by atoms with Crippen molar-refractivity contribution in [1.82, 2.24) is 10.6 Å². The maximum Gasteiger partial charge on any atom is 0.330 e. The third-order valence-electron chi connectivity index (χ3n) is 2.78. The van der Waals surface area contributed by atoms with Crippen LogP contribution < -0.4 is 10.6 Å². The Hall–Kier alpha value is -0.890. The van der Waals surface area contributed by atoms with Gasteiger partial charge >= 0.3 is 5.97 Å². The van der Waals surface area contributed by atoms with Crippen molar-refractivity contribution in [2.24, 2.45) is 0 Å². The lowest BCUT2D eigenvalue weighted by Crippen LogP contribution is -2.58. The molecule has 6 nitrogen and oxygen atoms in total. The normalized spacial score (nSPS) is 32.2. The zero-order chi connectivity index (χ0) is 12.5. The monoisotopic (exact) mass is 276 g/mol. The number of amides is 2. The van der Waals surface area contributed by atoms with Crippen LogP contribution >= 0.6 is 23.5 Å². The molecule has 2 amide bonds. The number of thioether (sulfide) groups is 2. The summed E-state index contributed by atoms with van der Waals surface area (Å²) in [5.41, 5.74) is -1.17. The molecule has 2 aliphatic heterocycles. The SMILES string of the molecule is O=C1NC(C(=O)NC2(C(=O)O)CCSC2)CS1. The summed E-state index contributed by atoms with van der Waals surface area (Å²) in [6.45, 7) is 0. The van der Waals surface area contributed by atoms with Gasteiger partial charge in [-0.15, -0.1) is 0 Å². The second-order valence-electron chi connectivity index (χ2n) is 3.97. The molecule has 2 heterocycles. The molecule has 0 saturated carbocycles. The number of carboxylic acids is 1. The van der Waals surface area contributed by atoms with Gasteiger partial charge in [-0.25, -0.2) is 4.79 Å². The van der Waals surface area contributed by atoms with Gasteiger partial charge in [0.05, 0.1) is 0 Å². The van der Waals surface area contributed by atoms with E-state index in [0.717, 1.165) is 17.5 Å². The summed E-state index contributed by atoms with van der Waals surface area (Å²) in [6.07, 6.45) is 0.423. The molecule has 94 valence electrons. The van der Waals surface area contributed by atoms with Gasteiger partial charge in [-0.3, -0.25) is 9.59 Å². The van der Waals surface area contributed by atoms with Crippen molar-refractivity contribution in [3.05, 3.63) is 0 Å². The zero-order valence-electron chi connectivity index (χ0n) is 8.89. The predicted molar refractivity (Wildman–Crippen MR) is 65.2 cm³/mol. The van der Waals surface area contributed by atoms with E-state index >= 15 is 0 Å². The van der Waals surface area contributed by atoms with E-state index in [4.69, 9.17) is 0 Å². The van der Waals surface area contributed by atoms with Crippen LogP contribution in [-0.4, -0.2) is 51.1 Å². The molecule has 0 bridgehead atoms. The summed E-state index contributed by atoms with van der Waals surface area (Å²) >= 11 is 2.54. The second kappa shape index (κ2) is 4.77. The van der Waals surface area contributed by atoms with Crippen molar-refractivity contribution in [1.29, 1.82) is 0 Å². The van der Waals surface area contributed by atoms with E-state index in [0.29, 0.717) is 17.9 Å². The van der Waals surface area contributed by atoms with Crippen LogP contribution in [-0.2, 0) is 9.59 Å². The number of nitrogens with one attached hydrogen (secondary N) is 2. The summed E-state index contributed by atoms with van der Waals surface area (Å²) in [7, 11) is 0. The summed E-state index contributed by atoms with van der Waals surface area (Å²) in [5, 5.41) is 14.0. The van der Waals surface area contributed by atoms with Crippen molar-refractivity contribution in [3.8, 4) is 0 Å². The molecule has 2 aliphatic rings. The fourth-order valence-corrected chi connectivity index (χ4v) is 3.84. The summed E-state index contributed by atoms with van der Waals surface area (Å²) in [5.74, 6) is 0.0365. The molecule has 0 aromatic rings. The molecule has 3 N–H and O–H groups in total. The molecular formula is C9H12N2O4S2. The Labute approximate surface area is 106 Å². The first-order valence-corrected chi connectivity index (χ1v) is 7.24. The maximum atomic E-state index is 11.8. The van der Waals surface area contributed by atoms with Crippen molar-refractivity contribution < 1.29 is 19.5 Å². The number of carbonyl (C=O) groups excluding carboxylic acids is 2. The van der Waals surface area contributed by atoms with E-state index in [1.165, 1.54) is 11.8 Å². The highest BCUT2D eigenvalue weighted by Gasteiger charge is 2.44. The van der Waals surface area contributed by atoms with Gasteiger partial charge in [0, 0.05) is 11.5 Å². The minimum Gasteiger partial charge on any atom is -0.479 e. The first-order chi connectivity index (χ1) is 8.03. The topological polar surface area (TPSA) is 95.5 Å². The van der Waals surface area contributed by atoms with E-state index in [-0.39, 0.29) is 5.24 Å². The maximum absolute atomic E-state index is 11.8. The number of hydrogen-bond acceptors (Lipinski definition) is 5. The van der Waals surface area contributed by atoms with Crippen LogP contribution in [0.5, 0.6) is 0 Å². The van der Waals surface area contributed by atoms with E-state index in [9.17, 15) is 19.5 Å². The van der Waals surface area contributed by atoms with Crippen LogP contribution in [0.15, 0.2) is 0 Å². The lowest BCUT2D eigenvalue weighted by Gasteiger charge is -2.26. The number of rotatable bonds is 3. The van der Waals surface area contributed by atoms with Crippen LogP contribution in [0.25, 0.3) is 0 Å². The molecule has 2 saturated heterocycles. The quantitative estimate of drug-likeness (QED) is 0.665. The van der Waals surface area contributed by atoms with Crippen LogP contribution in [0.4, 0.5) is 4.79 Å². The van der Waals surface area contributed by atoms with Gasteiger partial charge in [0.15, 0.2) is 0 Å². The molecule has 0 aliphatic carbocycles. The Morgan fingerprint density at radius 3 is 2.76 bits per heavy atom. The average molecular weight is 276 g/mol. The molecule has 0 aromatic heterocycles. The predicted octanol–water partition coefficient (Wildman–Crippen LogP) is -0.112. The molecule has 2 fully saturated rings. The molecule has 0 aromatic carbocycles. The smallest absolute Gasteiger partial charge is 0.330 e. The van der Waals surface area contributed by atoms with Crippen LogP contribution in [0, 0.1) is 0 Å². The fraction of sp³-hybridized carbons (Fsp3) is 0.667. The van der Waals surface area contributed by atoms with Gasteiger partial charge in [0.2, 0.25) is 5.91 Å². The van der Waals surface area contributed by atoms with E-state index in [2.05, 4.69) is 10.6 Å². The van der Waals surface area contributed by atoms with E-state index < -0.39 is 23.5 Å². The highest BCUT2D eigenvalue weighted by molar-refractivity contribution is 8.14. The second-order valence-corrected chi connectivity index (χ2v) is 6.07. The summed E-state index contributed by atoms with van der Waals surface area (Å²) in [6, 6.07) is -0.616. The van der Waals surface area contributed by atoms with Gasteiger partial charge in [0.1, 0.15) is 11.6 Å². The van der Waals surface area contributed by atoms with Crippen LogP contribution in [0.1, 0.15) is 6.42 Å². The average Bonchev–Trinajstić information content (AvgIpc) is 2.87. The van der Waals surface area contributed by atoms with Gasteiger partial charge in [0.25, 0.3) is 5.24 Å². The minimum absolute atomic E-state index is 0.240. The molecule has 0 radical (unpaired) electrons. The number of hydrogen-bond donors (Lipinski definition) is 3. The lowest BCUT2D eigenvalue weighted by atomic mass is 9.99. The largest absolute Gasteiger partial charge is 0.479 e. The summed E-state index contributed by atoms with van der Waals surface area (Å²) < 4.78 is 0. The number of carbonyl (C=O) groups is 3. The fourth-order valence-electron chi connectivity index (χ4n) is 1.73. The molecule has 2 atom stereocenters. The van der Waals surface area contributed by atoms with Crippen molar-refractivity contribution in [3.63, 3.8) is 0 Å². The van der Waals surface area contributed by atoms with Crippen molar-refractivity contribution in [2.45, 2.75) is 18.0 Å². The van der Waals surface area contributed by atoms with Gasteiger partial charge in [-0.2, -0.15) is 11.8 Å². The highest BCUT2D eigenvalue weighted by atomic mass is 32.2. The van der Waals surface area contributed by atoms with Crippen molar-refractivity contribution in [2.75, 3.05) is 17.3 Å². The van der Waals surface area contributed by atoms with Crippen molar-refractivity contribution >= 4 is 40.6 Å². The molecule has 17 heavy (non-hydrogen) atoms. The molecule has 2 unspecified atom stereocenters. The lowest BCUT2D eigenvalue weighted by molar-refractivity contribution is -0.146. The van der Waals surface area contributed by atoms with E-state index in [1.54, 1.807) is 0 Å². The first kappa shape index (κ1) is 12.6. The van der Waals surface area contributed by atoms with Gasteiger partial charge in [-0.1, -0.05) is 11.8 Å². The molecule has 2 rings (SSSR count). The standard InChI is InChI=1S/C9H12N2O4S2/c12-6(5-3-17-8(15)10-5)11-9(7(13)14)1-2-16-4-9/h5H,1-4H2,(H,10,15)(H,11,12)(H,13,14). The Kier molecular flexibility index (Phi) is 3.53. The molecule has 8 heteroatoms. The van der Waals surface area contributed by atoms with E-state index in [1.807, 2.05) is 0 Å². The van der Waals surface area contributed by atoms with Gasteiger partial charge < -0.3 is 15.7 Å². The Morgan fingerprint density at radius 1 is 1.53 bits per heavy atom. The zero-order valence-corrected chi connectivity index (χ0v) is 10.5. The highest BCUT2D eigenvalue weighted by Crippen LogP contribution is 2.28. The number of carboxylic acid groups (broad SMARTS) is 1. The molecule has 0 spiro atoms. The Morgan fingerprint density at radius 2 is 2.29 bits per heavy atom. The number of aliphatic carboxylic acids is 1. The Bertz CT molecular complexity index is 368. The minimum atomic E-state index is -1.17. The first-order valence-electron chi connectivity index (χ1n) is 5.10. The third kappa shape index (κ3) is 2.52. The Balaban J connectivity index is 2.01. The van der Waals surface area contributed by atoms with Crippen LogP contribution in [0.3, 0.4) is 0 Å².